The average molecular weight is 536 g/mol. The van der Waals surface area contributed by atoms with Gasteiger partial charge in [-0.2, -0.15) is 5.26 Å². The van der Waals surface area contributed by atoms with Crippen molar-refractivity contribution in [1.29, 1.82) is 5.26 Å². The number of carbonyl (C=O) groups excluding carboxylic acids is 2. The molecule has 6 saturated carbocycles. The van der Waals surface area contributed by atoms with E-state index in [9.17, 15) is 24.8 Å². The lowest BCUT2D eigenvalue weighted by atomic mass is 9.70. The number of nitriles is 1. The minimum absolute atomic E-state index is 0.0485. The maximum absolute atomic E-state index is 13.6. The number of rotatable bonds is 9. The highest BCUT2D eigenvalue weighted by molar-refractivity contribution is 5.98. The topological polar surface area (TPSA) is 138 Å². The third kappa shape index (κ3) is 4.32. The Bertz CT molecular complexity index is 1250. The fourth-order valence-corrected chi connectivity index (χ4v) is 7.53. The molecule has 208 valence electrons. The Morgan fingerprint density at radius 2 is 1.74 bits per heavy atom. The molecule has 0 aliphatic heterocycles. The maximum atomic E-state index is 13.6. The van der Waals surface area contributed by atoms with Crippen LogP contribution in [0.5, 0.6) is 11.5 Å². The molecule has 2 amide bonds. The molecule has 3 unspecified atom stereocenters. The molecule has 6 atom stereocenters. The summed E-state index contributed by atoms with van der Waals surface area (Å²) in [6, 6.07) is 4.98. The number of carboxylic acid groups (broad SMARTS) is 1. The van der Waals surface area contributed by atoms with Crippen LogP contribution < -0.4 is 20.1 Å². The lowest BCUT2D eigenvalue weighted by Crippen LogP contribution is -2.47. The summed E-state index contributed by atoms with van der Waals surface area (Å²) in [6.07, 6.45) is 5.29. The van der Waals surface area contributed by atoms with E-state index in [2.05, 4.69) is 23.6 Å². The van der Waals surface area contributed by atoms with Crippen molar-refractivity contribution in [3.63, 3.8) is 0 Å². The number of nitrogens with zero attached hydrogens (tertiary/aromatic N) is 1. The number of carboxylic acids is 1. The summed E-state index contributed by atoms with van der Waals surface area (Å²) in [7, 11) is 1.45. The number of nitrogens with one attached hydrogen (secondary N) is 2. The van der Waals surface area contributed by atoms with Gasteiger partial charge < -0.3 is 25.2 Å². The second-order valence-corrected chi connectivity index (χ2v) is 13.1. The van der Waals surface area contributed by atoms with Crippen LogP contribution in [-0.2, 0) is 9.59 Å². The van der Waals surface area contributed by atoms with Gasteiger partial charge in [0.1, 0.15) is 17.6 Å². The fourth-order valence-electron chi connectivity index (χ4n) is 7.53. The van der Waals surface area contributed by atoms with Gasteiger partial charge in [0.2, 0.25) is 5.91 Å². The van der Waals surface area contributed by atoms with E-state index in [0.717, 1.165) is 12.8 Å². The molecule has 7 rings (SSSR count). The second kappa shape index (κ2) is 9.14. The number of methoxy groups -OCH3 is 1. The van der Waals surface area contributed by atoms with Gasteiger partial charge in [-0.25, -0.2) is 0 Å². The average Bonchev–Trinajstić information content (AvgIpc) is 3.75. The van der Waals surface area contributed by atoms with E-state index in [-0.39, 0.29) is 57.9 Å². The zero-order valence-electron chi connectivity index (χ0n) is 22.8. The van der Waals surface area contributed by atoms with Gasteiger partial charge in [-0.3, -0.25) is 14.4 Å². The van der Waals surface area contributed by atoms with Crippen molar-refractivity contribution < 1.29 is 29.0 Å². The number of amides is 2. The summed E-state index contributed by atoms with van der Waals surface area (Å²) in [6.45, 7) is 4.65. The SMILES string of the molecule is COc1cc(C#N)c(OC2CCC(C)(C(=O)O)CC2)cc1C(=O)NC1[C@@H](C(=O)NCC2(C)CCC2)C2C3[C@H]1[C@@H]23. The zero-order chi connectivity index (χ0) is 27.7. The molecular formula is C30H37N3O6. The number of benzene rings is 1. The predicted molar refractivity (Wildman–Crippen MR) is 140 cm³/mol. The molecule has 1 aromatic carbocycles. The van der Waals surface area contributed by atoms with E-state index < -0.39 is 11.4 Å². The van der Waals surface area contributed by atoms with E-state index in [0.29, 0.717) is 55.9 Å². The first kappa shape index (κ1) is 26.0. The van der Waals surface area contributed by atoms with Crippen molar-refractivity contribution in [2.75, 3.05) is 13.7 Å². The largest absolute Gasteiger partial charge is 0.496 e. The summed E-state index contributed by atoms with van der Waals surface area (Å²) >= 11 is 0. The molecule has 0 aromatic heterocycles. The van der Waals surface area contributed by atoms with Gasteiger partial charge in [-0.1, -0.05) is 13.3 Å². The summed E-state index contributed by atoms with van der Waals surface area (Å²) in [5.41, 5.74) is -0.0626. The number of ether oxygens (including phenoxy) is 2. The Labute approximate surface area is 228 Å². The number of hydrogen-bond donors (Lipinski definition) is 3. The normalized spacial score (nSPS) is 36.4. The van der Waals surface area contributed by atoms with Crippen molar-refractivity contribution in [2.45, 2.75) is 70.9 Å². The molecule has 2 bridgehead atoms. The van der Waals surface area contributed by atoms with Gasteiger partial charge in [0.25, 0.3) is 5.91 Å². The number of aliphatic carboxylic acids is 1. The summed E-state index contributed by atoms with van der Waals surface area (Å²) in [5, 5.41) is 25.6. The van der Waals surface area contributed by atoms with E-state index in [1.54, 1.807) is 13.0 Å². The minimum Gasteiger partial charge on any atom is -0.496 e. The van der Waals surface area contributed by atoms with Crippen LogP contribution in [0.3, 0.4) is 0 Å². The smallest absolute Gasteiger partial charge is 0.309 e. The number of hydrogen-bond acceptors (Lipinski definition) is 6. The Morgan fingerprint density at radius 1 is 1.05 bits per heavy atom. The first-order chi connectivity index (χ1) is 18.6. The Morgan fingerprint density at radius 3 is 2.31 bits per heavy atom. The van der Waals surface area contributed by atoms with Crippen molar-refractivity contribution in [2.24, 2.45) is 40.4 Å². The van der Waals surface area contributed by atoms with Gasteiger partial charge in [0, 0.05) is 18.7 Å². The zero-order valence-corrected chi connectivity index (χ0v) is 22.8. The first-order valence-electron chi connectivity index (χ1n) is 14.2. The molecular weight excluding hydrogens is 498 g/mol. The van der Waals surface area contributed by atoms with E-state index >= 15 is 0 Å². The van der Waals surface area contributed by atoms with E-state index in [1.165, 1.54) is 19.6 Å². The van der Waals surface area contributed by atoms with Gasteiger partial charge in [0.05, 0.1) is 35.7 Å². The molecule has 0 radical (unpaired) electrons. The van der Waals surface area contributed by atoms with Crippen LogP contribution in [0.25, 0.3) is 0 Å². The van der Waals surface area contributed by atoms with E-state index in [1.807, 2.05) is 0 Å². The van der Waals surface area contributed by atoms with Gasteiger partial charge in [0.15, 0.2) is 0 Å². The molecule has 1 aromatic rings. The van der Waals surface area contributed by atoms with Crippen molar-refractivity contribution in [3.8, 4) is 17.6 Å². The summed E-state index contributed by atoms with van der Waals surface area (Å²) in [5.74, 6) is 1.09. The van der Waals surface area contributed by atoms with Crippen LogP contribution in [0.15, 0.2) is 12.1 Å². The van der Waals surface area contributed by atoms with Gasteiger partial charge >= 0.3 is 5.97 Å². The molecule has 9 heteroatoms. The molecule has 9 nitrogen and oxygen atoms in total. The Balaban J connectivity index is 1.16. The molecule has 39 heavy (non-hydrogen) atoms. The summed E-state index contributed by atoms with van der Waals surface area (Å²) in [4.78, 5) is 38.4. The lowest BCUT2D eigenvalue weighted by Gasteiger charge is -2.38. The van der Waals surface area contributed by atoms with Crippen LogP contribution in [0.1, 0.15) is 74.7 Å². The third-order valence-electron chi connectivity index (χ3n) is 10.5. The molecule has 0 heterocycles. The molecule has 3 N–H and O–H groups in total. The lowest BCUT2D eigenvalue weighted by molar-refractivity contribution is -0.150. The van der Waals surface area contributed by atoms with Gasteiger partial charge in [-0.05, 0) is 80.6 Å². The van der Waals surface area contributed by atoms with Crippen molar-refractivity contribution >= 4 is 17.8 Å². The minimum atomic E-state index is -0.807. The number of fused-ring (bicyclic) bond motifs is 1. The quantitative estimate of drug-likeness (QED) is 0.440. The highest BCUT2D eigenvalue weighted by Gasteiger charge is 2.85. The fraction of sp³-hybridized carbons (Fsp3) is 0.667. The van der Waals surface area contributed by atoms with Gasteiger partial charge in [-0.15, -0.1) is 0 Å². The van der Waals surface area contributed by atoms with Crippen molar-refractivity contribution in [3.05, 3.63) is 23.3 Å². The molecule has 6 fully saturated rings. The first-order valence-corrected chi connectivity index (χ1v) is 14.2. The summed E-state index contributed by atoms with van der Waals surface area (Å²) < 4.78 is 11.6. The molecule has 6 aliphatic carbocycles. The molecule has 0 saturated heterocycles. The van der Waals surface area contributed by atoms with Crippen molar-refractivity contribution in [1.82, 2.24) is 10.6 Å². The standard InChI is InChI=1S/C30H37N3O6/c1-29(7-4-8-29)14-32-27(35)24-22-20-21(22)23(20)25(24)33-26(34)17-12-18(15(13-31)11-19(17)38-3)39-16-5-9-30(2,10-6-16)28(36)37/h11-12,16,20-25H,4-10,14H2,1-3H3,(H,32,35)(H,33,34)(H,36,37)/t16?,20-,21?,22?,23-,24+,25?,30?/m1/s1. The van der Waals surface area contributed by atoms with Crippen LogP contribution >= 0.6 is 0 Å². The Hall–Kier alpha value is -3.28. The highest BCUT2D eigenvalue weighted by Crippen LogP contribution is 2.83. The van der Waals surface area contributed by atoms with E-state index in [4.69, 9.17) is 9.47 Å². The monoisotopic (exact) mass is 535 g/mol. The molecule has 0 spiro atoms. The second-order valence-electron chi connectivity index (χ2n) is 13.1. The predicted octanol–water partition coefficient (Wildman–Crippen LogP) is 3.51. The van der Waals surface area contributed by atoms with Crippen LogP contribution in [0.2, 0.25) is 0 Å². The highest BCUT2D eigenvalue weighted by atomic mass is 16.5. The van der Waals surface area contributed by atoms with Crippen LogP contribution in [-0.4, -0.2) is 48.7 Å². The molecule has 6 aliphatic rings. The maximum Gasteiger partial charge on any atom is 0.309 e. The number of carbonyl (C=O) groups is 3. The van der Waals surface area contributed by atoms with Crippen LogP contribution in [0.4, 0.5) is 0 Å². The van der Waals surface area contributed by atoms with Crippen LogP contribution in [0, 0.1) is 51.8 Å². The Kier molecular flexibility index (Phi) is 6.09. The third-order valence-corrected chi connectivity index (χ3v) is 10.5.